The minimum Gasteiger partial charge on any atom is -0.352 e. The normalized spacial score (nSPS) is 20.4. The summed E-state index contributed by atoms with van der Waals surface area (Å²) in [7, 11) is 0. The highest BCUT2D eigenvalue weighted by Crippen LogP contribution is 2.22. The molecule has 0 bridgehead atoms. The first-order valence-corrected chi connectivity index (χ1v) is 7.09. The van der Waals surface area contributed by atoms with E-state index in [0.717, 1.165) is 18.9 Å². The van der Waals surface area contributed by atoms with Crippen molar-refractivity contribution in [2.24, 2.45) is 0 Å². The molecule has 100 valence electrons. The van der Waals surface area contributed by atoms with Crippen molar-refractivity contribution in [2.45, 2.75) is 52.1 Å². The molecule has 1 aromatic heterocycles. The SMILES string of the molecule is Cc1ccc(N2CCCCC2CNC(C)C)nc1. The Morgan fingerprint density at radius 2 is 2.22 bits per heavy atom. The Labute approximate surface area is 111 Å². The molecule has 3 heteroatoms. The first kappa shape index (κ1) is 13.3. The fourth-order valence-corrected chi connectivity index (χ4v) is 2.52. The standard InChI is InChI=1S/C15H25N3/c1-12(2)16-11-14-6-4-5-9-18(14)15-8-7-13(3)10-17-15/h7-8,10,12,14,16H,4-6,9,11H2,1-3H3. The van der Waals surface area contributed by atoms with Gasteiger partial charge in [0.15, 0.2) is 0 Å². The summed E-state index contributed by atoms with van der Waals surface area (Å²) in [4.78, 5) is 7.05. The van der Waals surface area contributed by atoms with Crippen molar-refractivity contribution < 1.29 is 0 Å². The highest BCUT2D eigenvalue weighted by molar-refractivity contribution is 5.41. The number of nitrogens with zero attached hydrogens (tertiary/aromatic N) is 2. The molecule has 1 saturated heterocycles. The summed E-state index contributed by atoms with van der Waals surface area (Å²) in [6, 6.07) is 5.46. The van der Waals surface area contributed by atoms with E-state index < -0.39 is 0 Å². The van der Waals surface area contributed by atoms with Crippen LogP contribution in [0.15, 0.2) is 18.3 Å². The lowest BCUT2D eigenvalue weighted by molar-refractivity contribution is 0.419. The van der Waals surface area contributed by atoms with Crippen LogP contribution in [0.1, 0.15) is 38.7 Å². The molecule has 1 atom stereocenters. The van der Waals surface area contributed by atoms with Gasteiger partial charge in [-0.05, 0) is 37.8 Å². The van der Waals surface area contributed by atoms with Crippen LogP contribution in [-0.4, -0.2) is 30.2 Å². The van der Waals surface area contributed by atoms with E-state index in [1.807, 2.05) is 6.20 Å². The zero-order valence-corrected chi connectivity index (χ0v) is 11.8. The van der Waals surface area contributed by atoms with Crippen molar-refractivity contribution in [3.63, 3.8) is 0 Å². The summed E-state index contributed by atoms with van der Waals surface area (Å²) >= 11 is 0. The molecular formula is C15H25N3. The highest BCUT2D eigenvalue weighted by atomic mass is 15.2. The van der Waals surface area contributed by atoms with Gasteiger partial charge in [0.05, 0.1) is 0 Å². The van der Waals surface area contributed by atoms with Crippen LogP contribution in [0.3, 0.4) is 0 Å². The maximum atomic E-state index is 4.58. The van der Waals surface area contributed by atoms with Crippen LogP contribution in [0.4, 0.5) is 5.82 Å². The monoisotopic (exact) mass is 247 g/mol. The minimum atomic E-state index is 0.555. The molecule has 1 N–H and O–H groups in total. The lowest BCUT2D eigenvalue weighted by Crippen LogP contribution is -2.47. The Kier molecular flexibility index (Phi) is 4.59. The van der Waals surface area contributed by atoms with E-state index in [1.54, 1.807) is 0 Å². The van der Waals surface area contributed by atoms with E-state index in [9.17, 15) is 0 Å². The van der Waals surface area contributed by atoms with Gasteiger partial charge in [-0.25, -0.2) is 4.98 Å². The summed E-state index contributed by atoms with van der Waals surface area (Å²) < 4.78 is 0. The van der Waals surface area contributed by atoms with Crippen molar-refractivity contribution in [1.29, 1.82) is 0 Å². The predicted octanol–water partition coefficient (Wildman–Crippen LogP) is 2.75. The number of pyridine rings is 1. The number of piperidine rings is 1. The second-order valence-corrected chi connectivity index (χ2v) is 5.60. The van der Waals surface area contributed by atoms with Crippen molar-refractivity contribution in [1.82, 2.24) is 10.3 Å². The summed E-state index contributed by atoms with van der Waals surface area (Å²) in [6.07, 6.45) is 5.87. The van der Waals surface area contributed by atoms with Gasteiger partial charge in [-0.2, -0.15) is 0 Å². The number of aryl methyl sites for hydroxylation is 1. The maximum absolute atomic E-state index is 4.58. The summed E-state index contributed by atoms with van der Waals surface area (Å²) in [5.41, 5.74) is 1.23. The van der Waals surface area contributed by atoms with Crippen molar-refractivity contribution in [3.8, 4) is 0 Å². The zero-order chi connectivity index (χ0) is 13.0. The van der Waals surface area contributed by atoms with Gasteiger partial charge in [0.2, 0.25) is 0 Å². The summed E-state index contributed by atoms with van der Waals surface area (Å²) in [6.45, 7) is 8.70. The van der Waals surface area contributed by atoms with Gasteiger partial charge in [0.1, 0.15) is 5.82 Å². The first-order chi connectivity index (χ1) is 8.66. The molecule has 0 amide bonds. The smallest absolute Gasteiger partial charge is 0.128 e. The van der Waals surface area contributed by atoms with E-state index in [0.29, 0.717) is 12.1 Å². The number of rotatable bonds is 4. The van der Waals surface area contributed by atoms with Crippen molar-refractivity contribution in [2.75, 3.05) is 18.0 Å². The fraction of sp³-hybridized carbons (Fsp3) is 0.667. The zero-order valence-electron chi connectivity index (χ0n) is 11.8. The van der Waals surface area contributed by atoms with Crippen LogP contribution in [0.25, 0.3) is 0 Å². The van der Waals surface area contributed by atoms with Crippen LogP contribution in [0.5, 0.6) is 0 Å². The maximum Gasteiger partial charge on any atom is 0.128 e. The molecular weight excluding hydrogens is 222 g/mol. The Balaban J connectivity index is 2.05. The van der Waals surface area contributed by atoms with Crippen LogP contribution in [0, 0.1) is 6.92 Å². The summed E-state index contributed by atoms with van der Waals surface area (Å²) in [5.74, 6) is 1.14. The van der Waals surface area contributed by atoms with Crippen LogP contribution >= 0.6 is 0 Å². The van der Waals surface area contributed by atoms with Crippen LogP contribution in [-0.2, 0) is 0 Å². The Bertz CT molecular complexity index is 359. The van der Waals surface area contributed by atoms with E-state index in [4.69, 9.17) is 0 Å². The molecule has 0 aliphatic carbocycles. The predicted molar refractivity (Wildman–Crippen MR) is 77.1 cm³/mol. The van der Waals surface area contributed by atoms with Crippen LogP contribution in [0.2, 0.25) is 0 Å². The van der Waals surface area contributed by atoms with Gasteiger partial charge >= 0.3 is 0 Å². The Hall–Kier alpha value is -1.09. The van der Waals surface area contributed by atoms with Crippen LogP contribution < -0.4 is 10.2 Å². The molecule has 0 radical (unpaired) electrons. The Morgan fingerprint density at radius 3 is 2.89 bits per heavy atom. The molecule has 0 saturated carbocycles. The van der Waals surface area contributed by atoms with Gasteiger partial charge in [-0.3, -0.25) is 0 Å². The van der Waals surface area contributed by atoms with E-state index in [1.165, 1.54) is 24.8 Å². The van der Waals surface area contributed by atoms with Crippen molar-refractivity contribution in [3.05, 3.63) is 23.9 Å². The fourth-order valence-electron chi connectivity index (χ4n) is 2.52. The largest absolute Gasteiger partial charge is 0.352 e. The highest BCUT2D eigenvalue weighted by Gasteiger charge is 2.23. The molecule has 1 aliphatic heterocycles. The molecule has 0 spiro atoms. The van der Waals surface area contributed by atoms with Crippen molar-refractivity contribution >= 4 is 5.82 Å². The molecule has 1 aliphatic rings. The topological polar surface area (TPSA) is 28.2 Å². The minimum absolute atomic E-state index is 0.555. The molecule has 1 aromatic rings. The number of hydrogen-bond acceptors (Lipinski definition) is 3. The molecule has 1 unspecified atom stereocenters. The van der Waals surface area contributed by atoms with Gasteiger partial charge in [-0.15, -0.1) is 0 Å². The molecule has 2 rings (SSSR count). The molecule has 2 heterocycles. The third-order valence-electron chi connectivity index (χ3n) is 3.58. The number of nitrogens with one attached hydrogen (secondary N) is 1. The second kappa shape index (κ2) is 6.19. The lowest BCUT2D eigenvalue weighted by atomic mass is 10.0. The van der Waals surface area contributed by atoms with Gasteiger partial charge < -0.3 is 10.2 Å². The van der Waals surface area contributed by atoms with E-state index in [-0.39, 0.29) is 0 Å². The molecule has 3 nitrogen and oxygen atoms in total. The van der Waals surface area contributed by atoms with Gasteiger partial charge in [0.25, 0.3) is 0 Å². The quantitative estimate of drug-likeness (QED) is 0.886. The van der Waals surface area contributed by atoms with E-state index in [2.05, 4.69) is 48.1 Å². The molecule has 1 fully saturated rings. The Morgan fingerprint density at radius 1 is 1.39 bits per heavy atom. The number of anilines is 1. The lowest BCUT2D eigenvalue weighted by Gasteiger charge is -2.37. The molecule has 0 aromatic carbocycles. The molecule has 18 heavy (non-hydrogen) atoms. The van der Waals surface area contributed by atoms with Gasteiger partial charge in [-0.1, -0.05) is 19.9 Å². The van der Waals surface area contributed by atoms with Gasteiger partial charge in [0, 0.05) is 31.4 Å². The average Bonchev–Trinajstić information content (AvgIpc) is 2.38. The number of aromatic nitrogens is 1. The number of hydrogen-bond donors (Lipinski definition) is 1. The third-order valence-corrected chi connectivity index (χ3v) is 3.58. The van der Waals surface area contributed by atoms with E-state index >= 15 is 0 Å². The second-order valence-electron chi connectivity index (χ2n) is 5.60. The summed E-state index contributed by atoms with van der Waals surface area (Å²) in [5, 5.41) is 3.56. The first-order valence-electron chi connectivity index (χ1n) is 7.09. The third kappa shape index (κ3) is 3.45. The average molecular weight is 247 g/mol.